The molecule has 9 heteroatoms. The zero-order valence-corrected chi connectivity index (χ0v) is 11.8. The van der Waals surface area contributed by atoms with Gasteiger partial charge in [-0.2, -0.15) is 0 Å². The maximum Gasteiger partial charge on any atom is 0.270 e. The summed E-state index contributed by atoms with van der Waals surface area (Å²) < 4.78 is 25.5. The van der Waals surface area contributed by atoms with E-state index in [1.807, 2.05) is 0 Å². The standard InChI is InChI=1S/C10H14ClN3O4S/c1-13(6-2-5-12)19(17,18)10-7-8(14(15)16)3-4-9(10)11/h3-4,7H,2,5-6,12H2,1H3. The lowest BCUT2D eigenvalue weighted by Crippen LogP contribution is -2.29. The second-order valence-electron chi connectivity index (χ2n) is 3.84. The molecule has 1 aromatic rings. The number of hydrogen-bond donors (Lipinski definition) is 1. The van der Waals surface area contributed by atoms with Crippen molar-refractivity contribution in [2.24, 2.45) is 5.73 Å². The van der Waals surface area contributed by atoms with Gasteiger partial charge in [-0.25, -0.2) is 12.7 Å². The quantitative estimate of drug-likeness (QED) is 0.628. The highest BCUT2D eigenvalue weighted by Gasteiger charge is 2.25. The number of nitrogens with two attached hydrogens (primary N) is 1. The summed E-state index contributed by atoms with van der Waals surface area (Å²) >= 11 is 5.81. The molecule has 0 unspecified atom stereocenters. The van der Waals surface area contributed by atoms with E-state index < -0.39 is 14.9 Å². The number of non-ortho nitro benzene ring substituents is 1. The monoisotopic (exact) mass is 307 g/mol. The van der Waals surface area contributed by atoms with Crippen LogP contribution < -0.4 is 5.73 Å². The first kappa shape index (κ1) is 15.8. The zero-order valence-electron chi connectivity index (χ0n) is 10.2. The summed E-state index contributed by atoms with van der Waals surface area (Å²) in [5.74, 6) is 0. The topological polar surface area (TPSA) is 107 Å². The van der Waals surface area contributed by atoms with Crippen molar-refractivity contribution in [1.29, 1.82) is 0 Å². The molecule has 0 heterocycles. The molecule has 7 nitrogen and oxygen atoms in total. The Labute approximate surface area is 116 Å². The molecule has 0 amide bonds. The van der Waals surface area contributed by atoms with Crippen molar-refractivity contribution in [3.63, 3.8) is 0 Å². The first-order chi connectivity index (χ1) is 8.80. The van der Waals surface area contributed by atoms with Crippen LogP contribution in [0, 0.1) is 10.1 Å². The van der Waals surface area contributed by atoms with Gasteiger partial charge < -0.3 is 5.73 Å². The molecule has 0 saturated carbocycles. The molecule has 0 saturated heterocycles. The van der Waals surface area contributed by atoms with Crippen molar-refractivity contribution < 1.29 is 13.3 Å². The van der Waals surface area contributed by atoms with Crippen LogP contribution in [0.4, 0.5) is 5.69 Å². The molecule has 0 aromatic heterocycles. The van der Waals surface area contributed by atoms with Gasteiger partial charge in [0.2, 0.25) is 10.0 Å². The van der Waals surface area contributed by atoms with Gasteiger partial charge in [-0.05, 0) is 19.0 Å². The molecule has 0 aliphatic carbocycles. The molecular formula is C10H14ClN3O4S. The minimum Gasteiger partial charge on any atom is -0.330 e. The van der Waals surface area contributed by atoms with Crippen LogP contribution in [0.15, 0.2) is 23.1 Å². The van der Waals surface area contributed by atoms with Crippen LogP contribution in [0.25, 0.3) is 0 Å². The Morgan fingerprint density at radius 2 is 2.11 bits per heavy atom. The lowest BCUT2D eigenvalue weighted by Gasteiger charge is -2.17. The number of halogens is 1. The molecule has 0 atom stereocenters. The fourth-order valence-electron chi connectivity index (χ4n) is 1.41. The van der Waals surface area contributed by atoms with Gasteiger partial charge in [-0.3, -0.25) is 10.1 Å². The minimum atomic E-state index is -3.86. The van der Waals surface area contributed by atoms with Gasteiger partial charge >= 0.3 is 0 Å². The smallest absolute Gasteiger partial charge is 0.270 e. The maximum atomic E-state index is 12.2. The molecule has 0 bridgehead atoms. The highest BCUT2D eigenvalue weighted by atomic mass is 35.5. The van der Waals surface area contributed by atoms with Crippen molar-refractivity contribution in [2.75, 3.05) is 20.1 Å². The van der Waals surface area contributed by atoms with Crippen LogP contribution in [0.3, 0.4) is 0 Å². The normalized spacial score (nSPS) is 11.8. The third-order valence-electron chi connectivity index (χ3n) is 2.49. The zero-order chi connectivity index (χ0) is 14.6. The highest BCUT2D eigenvalue weighted by molar-refractivity contribution is 7.89. The van der Waals surface area contributed by atoms with E-state index in [0.717, 1.165) is 16.4 Å². The lowest BCUT2D eigenvalue weighted by molar-refractivity contribution is -0.385. The Hall–Kier alpha value is -1.22. The molecular weight excluding hydrogens is 294 g/mol. The summed E-state index contributed by atoms with van der Waals surface area (Å²) in [6.07, 6.45) is 0.488. The maximum absolute atomic E-state index is 12.2. The van der Waals surface area contributed by atoms with Gasteiger partial charge in [-0.15, -0.1) is 0 Å². The van der Waals surface area contributed by atoms with Gasteiger partial charge in [0.15, 0.2) is 0 Å². The number of rotatable bonds is 6. The summed E-state index contributed by atoms with van der Waals surface area (Å²) in [6, 6.07) is 3.31. The third-order valence-corrected chi connectivity index (χ3v) is 4.83. The van der Waals surface area contributed by atoms with Crippen LogP contribution in [0.1, 0.15) is 6.42 Å². The summed E-state index contributed by atoms with van der Waals surface area (Å²) in [7, 11) is -2.48. The van der Waals surface area contributed by atoms with E-state index in [9.17, 15) is 18.5 Å². The fourth-order valence-corrected chi connectivity index (χ4v) is 3.10. The van der Waals surface area contributed by atoms with E-state index >= 15 is 0 Å². The largest absolute Gasteiger partial charge is 0.330 e. The van der Waals surface area contributed by atoms with Gasteiger partial charge in [0, 0.05) is 25.7 Å². The van der Waals surface area contributed by atoms with Crippen LogP contribution in [0.5, 0.6) is 0 Å². The number of nitrogens with zero attached hydrogens (tertiary/aromatic N) is 2. The predicted molar refractivity (Wildman–Crippen MR) is 71.6 cm³/mol. The molecule has 106 valence electrons. The molecule has 0 radical (unpaired) electrons. The van der Waals surface area contributed by atoms with Crippen molar-refractivity contribution in [1.82, 2.24) is 4.31 Å². The third kappa shape index (κ3) is 3.63. The van der Waals surface area contributed by atoms with E-state index in [0.29, 0.717) is 13.0 Å². The Morgan fingerprint density at radius 1 is 1.47 bits per heavy atom. The van der Waals surface area contributed by atoms with Gasteiger partial charge in [0.05, 0.1) is 9.95 Å². The molecule has 0 fully saturated rings. The molecule has 0 aliphatic heterocycles. The average molecular weight is 308 g/mol. The summed E-state index contributed by atoms with van der Waals surface area (Å²) in [5, 5.41) is 10.6. The van der Waals surface area contributed by atoms with Crippen molar-refractivity contribution in [3.8, 4) is 0 Å². The highest BCUT2D eigenvalue weighted by Crippen LogP contribution is 2.28. The fraction of sp³-hybridized carbons (Fsp3) is 0.400. The minimum absolute atomic E-state index is 0.0507. The summed E-state index contributed by atoms with van der Waals surface area (Å²) in [6.45, 7) is 0.570. The van der Waals surface area contributed by atoms with E-state index in [4.69, 9.17) is 17.3 Å². The van der Waals surface area contributed by atoms with Gasteiger partial charge in [0.1, 0.15) is 4.90 Å². The van der Waals surface area contributed by atoms with Crippen molar-refractivity contribution >= 4 is 27.3 Å². The number of hydrogen-bond acceptors (Lipinski definition) is 5. The molecule has 2 N–H and O–H groups in total. The number of benzene rings is 1. The number of sulfonamides is 1. The number of nitro benzene ring substituents is 1. The summed E-state index contributed by atoms with van der Waals surface area (Å²) in [5.41, 5.74) is 4.99. The van der Waals surface area contributed by atoms with Crippen LogP contribution in [-0.4, -0.2) is 37.8 Å². The molecule has 0 aliphatic rings. The first-order valence-corrected chi connectivity index (χ1v) is 7.23. The SMILES string of the molecule is CN(CCCN)S(=O)(=O)c1cc([N+](=O)[O-])ccc1Cl. The first-order valence-electron chi connectivity index (χ1n) is 5.41. The predicted octanol–water partition coefficient (Wildman–Crippen LogP) is 1.22. The van der Waals surface area contributed by atoms with E-state index in [1.165, 1.54) is 13.1 Å². The van der Waals surface area contributed by atoms with Crippen molar-refractivity contribution in [3.05, 3.63) is 33.3 Å². The van der Waals surface area contributed by atoms with Crippen LogP contribution in [0.2, 0.25) is 5.02 Å². The molecule has 1 rings (SSSR count). The molecule has 0 spiro atoms. The Balaban J connectivity index is 3.20. The van der Waals surface area contributed by atoms with Gasteiger partial charge in [0.25, 0.3) is 5.69 Å². The van der Waals surface area contributed by atoms with E-state index in [-0.39, 0.29) is 22.2 Å². The second-order valence-corrected chi connectivity index (χ2v) is 6.26. The molecule has 19 heavy (non-hydrogen) atoms. The summed E-state index contributed by atoms with van der Waals surface area (Å²) in [4.78, 5) is 9.72. The lowest BCUT2D eigenvalue weighted by atomic mass is 10.3. The Morgan fingerprint density at radius 3 is 2.63 bits per heavy atom. The van der Waals surface area contributed by atoms with Crippen LogP contribution >= 0.6 is 11.6 Å². The van der Waals surface area contributed by atoms with Crippen LogP contribution in [-0.2, 0) is 10.0 Å². The Bertz CT molecular complexity index is 576. The van der Waals surface area contributed by atoms with E-state index in [1.54, 1.807) is 0 Å². The van der Waals surface area contributed by atoms with E-state index in [2.05, 4.69) is 0 Å². The average Bonchev–Trinajstić information content (AvgIpc) is 2.35. The van der Waals surface area contributed by atoms with Gasteiger partial charge in [-0.1, -0.05) is 11.6 Å². The van der Waals surface area contributed by atoms with Crippen molar-refractivity contribution in [2.45, 2.75) is 11.3 Å². The second kappa shape index (κ2) is 6.29. The molecule has 1 aromatic carbocycles. The Kier molecular flexibility index (Phi) is 5.24. The number of nitro groups is 1.